The van der Waals surface area contributed by atoms with Gasteiger partial charge in [-0.25, -0.2) is 0 Å². The molecule has 5 heteroatoms. The summed E-state index contributed by atoms with van der Waals surface area (Å²) >= 11 is 0. The summed E-state index contributed by atoms with van der Waals surface area (Å²) in [6.07, 6.45) is 4.14. The molecule has 2 bridgehead atoms. The highest BCUT2D eigenvalue weighted by atomic mass is 16.5. The molecule has 1 fully saturated rings. The van der Waals surface area contributed by atoms with Crippen molar-refractivity contribution in [3.05, 3.63) is 11.6 Å². The molecule has 5 nitrogen and oxygen atoms in total. The van der Waals surface area contributed by atoms with Crippen LogP contribution in [-0.4, -0.2) is 54.9 Å². The van der Waals surface area contributed by atoms with Crippen LogP contribution in [0.2, 0.25) is 0 Å². The Morgan fingerprint density at radius 1 is 1.59 bits per heavy atom. The molecule has 0 aromatic rings. The smallest absolute Gasteiger partial charge is 0.234 e. The van der Waals surface area contributed by atoms with Gasteiger partial charge in [-0.05, 0) is 49.6 Å². The van der Waals surface area contributed by atoms with Gasteiger partial charge in [-0.1, -0.05) is 19.9 Å². The molecule has 0 heterocycles. The summed E-state index contributed by atoms with van der Waals surface area (Å²) in [5.74, 6) is 1.08. The van der Waals surface area contributed by atoms with Gasteiger partial charge in [0, 0.05) is 6.54 Å². The Balaban J connectivity index is 1.71. The number of nitrogens with zero attached hydrogens (tertiary/aromatic N) is 1. The lowest BCUT2D eigenvalue weighted by Crippen LogP contribution is -2.49. The van der Waals surface area contributed by atoms with E-state index < -0.39 is 6.10 Å². The molecule has 4 atom stereocenters. The molecule has 0 aromatic heterocycles. The Morgan fingerprint density at radius 2 is 2.27 bits per heavy atom. The lowest BCUT2D eigenvalue weighted by Gasteiger charge is -2.56. The third-order valence-corrected chi connectivity index (χ3v) is 5.73. The largest absolute Gasteiger partial charge is 0.389 e. The highest BCUT2D eigenvalue weighted by Crippen LogP contribution is 2.59. The molecule has 1 amide bonds. The second kappa shape index (κ2) is 6.69. The molecule has 3 N–H and O–H groups in total. The zero-order valence-corrected chi connectivity index (χ0v) is 14.2. The highest BCUT2D eigenvalue weighted by Gasteiger charge is 2.50. The fraction of sp³-hybridized carbons (Fsp3) is 0.824. The summed E-state index contributed by atoms with van der Waals surface area (Å²) < 4.78 is 5.70. The zero-order valence-electron chi connectivity index (χ0n) is 14.2. The first kappa shape index (κ1) is 17.4. The molecule has 3 rings (SSSR count). The molecule has 3 aliphatic rings. The van der Waals surface area contributed by atoms with Gasteiger partial charge in [0.05, 0.1) is 25.4 Å². The third-order valence-electron chi connectivity index (χ3n) is 5.73. The Labute approximate surface area is 133 Å². The number of fused-ring (bicyclic) bond motifs is 1. The topological polar surface area (TPSA) is 75.8 Å². The monoisotopic (exact) mass is 310 g/mol. The standard InChI is InChI=1S/C17H30N2O3/c1-11(16(18)21)19(4)8-14(20)10-22-9-12-5-6-13-7-15(12)17(13,2)3/h5,11,13-15,20H,6-10H2,1-4H3,(H2,18,21)/t11-,13?,14?,15?/m1/s1. The summed E-state index contributed by atoms with van der Waals surface area (Å²) in [6, 6.07) is -0.386. The van der Waals surface area contributed by atoms with E-state index in [4.69, 9.17) is 10.5 Å². The van der Waals surface area contributed by atoms with E-state index in [-0.39, 0.29) is 18.6 Å². The molecular formula is C17H30N2O3. The van der Waals surface area contributed by atoms with E-state index in [2.05, 4.69) is 19.9 Å². The number of aliphatic hydroxyl groups excluding tert-OH is 1. The van der Waals surface area contributed by atoms with Crippen LogP contribution >= 0.6 is 0 Å². The van der Waals surface area contributed by atoms with E-state index in [1.165, 1.54) is 12.0 Å². The van der Waals surface area contributed by atoms with Crippen molar-refractivity contribution in [2.45, 2.75) is 45.8 Å². The van der Waals surface area contributed by atoms with Crippen molar-refractivity contribution in [2.24, 2.45) is 23.0 Å². The molecule has 22 heavy (non-hydrogen) atoms. The number of ether oxygens (including phenoxy) is 1. The Kier molecular flexibility index (Phi) is 5.30. The van der Waals surface area contributed by atoms with Crippen LogP contribution in [0.25, 0.3) is 0 Å². The molecule has 3 unspecified atom stereocenters. The maximum absolute atomic E-state index is 11.1. The normalized spacial score (nSPS) is 28.7. The second-order valence-electron chi connectivity index (χ2n) is 7.51. The summed E-state index contributed by atoms with van der Waals surface area (Å²) in [4.78, 5) is 12.9. The van der Waals surface area contributed by atoms with E-state index in [0.717, 1.165) is 12.3 Å². The van der Waals surface area contributed by atoms with Gasteiger partial charge in [0.2, 0.25) is 5.91 Å². The fourth-order valence-corrected chi connectivity index (χ4v) is 3.71. The number of nitrogens with two attached hydrogens (primary N) is 1. The number of carbonyl (C=O) groups excluding carboxylic acids is 1. The first-order valence-corrected chi connectivity index (χ1v) is 8.17. The first-order valence-electron chi connectivity index (χ1n) is 8.17. The number of carbonyl (C=O) groups is 1. The summed E-state index contributed by atoms with van der Waals surface area (Å²) in [5.41, 5.74) is 7.05. The van der Waals surface area contributed by atoms with Crippen molar-refractivity contribution in [1.29, 1.82) is 0 Å². The van der Waals surface area contributed by atoms with Crippen molar-refractivity contribution in [3.63, 3.8) is 0 Å². The van der Waals surface area contributed by atoms with E-state index in [1.54, 1.807) is 18.9 Å². The molecule has 0 aromatic carbocycles. The number of aliphatic hydroxyl groups is 1. The van der Waals surface area contributed by atoms with Gasteiger partial charge in [0.15, 0.2) is 0 Å². The van der Waals surface area contributed by atoms with Gasteiger partial charge in [-0.3, -0.25) is 9.69 Å². The minimum absolute atomic E-state index is 0.281. The Bertz CT molecular complexity index is 447. The second-order valence-corrected chi connectivity index (χ2v) is 7.51. The molecule has 0 spiro atoms. The molecule has 0 saturated heterocycles. The molecule has 0 radical (unpaired) electrons. The molecular weight excluding hydrogens is 280 g/mol. The molecule has 1 saturated carbocycles. The van der Waals surface area contributed by atoms with Crippen molar-refractivity contribution in [2.75, 3.05) is 26.8 Å². The molecule has 0 aliphatic heterocycles. The Morgan fingerprint density at radius 3 is 2.82 bits per heavy atom. The average Bonchev–Trinajstić information content (AvgIpc) is 2.46. The minimum atomic E-state index is -0.613. The van der Waals surface area contributed by atoms with Gasteiger partial charge in [0.1, 0.15) is 0 Å². The number of likely N-dealkylation sites (N-methyl/N-ethyl adjacent to an activating group) is 1. The van der Waals surface area contributed by atoms with Gasteiger partial charge in [0.25, 0.3) is 0 Å². The third kappa shape index (κ3) is 3.53. The predicted molar refractivity (Wildman–Crippen MR) is 86.2 cm³/mol. The lowest BCUT2D eigenvalue weighted by atomic mass is 9.49. The van der Waals surface area contributed by atoms with Crippen LogP contribution in [0.15, 0.2) is 11.6 Å². The Hall–Kier alpha value is -0.910. The summed E-state index contributed by atoms with van der Waals surface area (Å²) in [5, 5.41) is 10.0. The van der Waals surface area contributed by atoms with Crippen molar-refractivity contribution >= 4 is 5.91 Å². The van der Waals surface area contributed by atoms with Crippen LogP contribution in [0.1, 0.15) is 33.6 Å². The molecule has 126 valence electrons. The fourth-order valence-electron chi connectivity index (χ4n) is 3.71. The van der Waals surface area contributed by atoms with E-state index >= 15 is 0 Å². The SMILES string of the molecule is C[C@H](C(N)=O)N(C)CC(O)COCC1=CCC2CC1C2(C)C. The summed E-state index contributed by atoms with van der Waals surface area (Å²) in [7, 11) is 1.78. The number of hydrogen-bond donors (Lipinski definition) is 2. The maximum atomic E-state index is 11.1. The van der Waals surface area contributed by atoms with Crippen molar-refractivity contribution < 1.29 is 14.6 Å². The van der Waals surface area contributed by atoms with Gasteiger partial charge < -0.3 is 15.6 Å². The number of allylic oxidation sites excluding steroid dienone is 1. The van der Waals surface area contributed by atoms with Crippen LogP contribution in [-0.2, 0) is 9.53 Å². The lowest BCUT2D eigenvalue weighted by molar-refractivity contribution is -0.122. The highest BCUT2D eigenvalue weighted by molar-refractivity contribution is 5.79. The summed E-state index contributed by atoms with van der Waals surface area (Å²) in [6.45, 7) is 7.68. The maximum Gasteiger partial charge on any atom is 0.234 e. The zero-order chi connectivity index (χ0) is 16.5. The van der Waals surface area contributed by atoms with E-state index in [0.29, 0.717) is 24.5 Å². The van der Waals surface area contributed by atoms with Crippen LogP contribution in [0.5, 0.6) is 0 Å². The van der Waals surface area contributed by atoms with Crippen molar-refractivity contribution in [1.82, 2.24) is 4.90 Å². The van der Waals surface area contributed by atoms with Crippen LogP contribution in [0, 0.1) is 17.3 Å². The van der Waals surface area contributed by atoms with Crippen LogP contribution < -0.4 is 5.73 Å². The van der Waals surface area contributed by atoms with Crippen molar-refractivity contribution in [3.8, 4) is 0 Å². The van der Waals surface area contributed by atoms with Crippen LogP contribution in [0.3, 0.4) is 0 Å². The van der Waals surface area contributed by atoms with Gasteiger partial charge in [-0.15, -0.1) is 0 Å². The quantitative estimate of drug-likeness (QED) is 0.660. The first-order chi connectivity index (χ1) is 10.2. The van der Waals surface area contributed by atoms with E-state index in [9.17, 15) is 9.90 Å². The minimum Gasteiger partial charge on any atom is -0.389 e. The number of rotatable bonds is 8. The van der Waals surface area contributed by atoms with Gasteiger partial charge >= 0.3 is 0 Å². The average molecular weight is 310 g/mol. The molecule has 3 aliphatic carbocycles. The number of amides is 1. The predicted octanol–water partition coefficient (Wildman–Crippen LogP) is 1.16. The van der Waals surface area contributed by atoms with E-state index in [1.807, 2.05) is 0 Å². The number of primary amides is 1. The van der Waals surface area contributed by atoms with Gasteiger partial charge in [-0.2, -0.15) is 0 Å². The van der Waals surface area contributed by atoms with Crippen LogP contribution in [0.4, 0.5) is 0 Å². The number of hydrogen-bond acceptors (Lipinski definition) is 4.